The Labute approximate surface area is 173 Å². The summed E-state index contributed by atoms with van der Waals surface area (Å²) in [4.78, 5) is 16.1. The lowest BCUT2D eigenvalue weighted by atomic mass is 10.1. The molecule has 0 fully saturated rings. The van der Waals surface area contributed by atoms with Gasteiger partial charge in [0.15, 0.2) is 18.2 Å². The summed E-state index contributed by atoms with van der Waals surface area (Å²) in [7, 11) is 0. The summed E-state index contributed by atoms with van der Waals surface area (Å²) in [5.74, 6) is -1.78. The molecule has 1 heterocycles. The first-order valence-electron chi connectivity index (χ1n) is 9.49. The topological polar surface area (TPSA) is 85.9 Å². The smallest absolute Gasteiger partial charge is 0.307 e. The Morgan fingerprint density at radius 2 is 1.97 bits per heavy atom. The van der Waals surface area contributed by atoms with Gasteiger partial charge in [0.25, 0.3) is 0 Å². The summed E-state index contributed by atoms with van der Waals surface area (Å²) in [5, 5.41) is 17.2. The van der Waals surface area contributed by atoms with Gasteiger partial charge in [-0.15, -0.1) is 0 Å². The van der Waals surface area contributed by atoms with Crippen LogP contribution in [0, 0.1) is 5.82 Å². The van der Waals surface area contributed by atoms with Crippen molar-refractivity contribution < 1.29 is 23.9 Å². The molecule has 0 radical (unpaired) electrons. The number of carboxylic acids is 1. The number of oxime groups is 1. The largest absolute Gasteiger partial charge is 0.487 e. The molecule has 30 heavy (non-hydrogen) atoms. The van der Waals surface area contributed by atoms with Crippen molar-refractivity contribution in [2.75, 3.05) is 13.2 Å². The van der Waals surface area contributed by atoms with Crippen molar-refractivity contribution in [3.05, 3.63) is 77.9 Å². The Morgan fingerprint density at radius 1 is 1.17 bits per heavy atom. The Morgan fingerprint density at radius 3 is 2.63 bits per heavy atom. The molecule has 0 aliphatic rings. The number of hydrogen-bond acceptors (Lipinski definition) is 5. The first-order valence-corrected chi connectivity index (χ1v) is 9.49. The van der Waals surface area contributed by atoms with Crippen molar-refractivity contribution in [2.45, 2.75) is 19.8 Å². The van der Waals surface area contributed by atoms with E-state index < -0.39 is 18.2 Å². The molecule has 0 spiro atoms. The molecule has 0 bridgehead atoms. The van der Waals surface area contributed by atoms with Gasteiger partial charge in [-0.3, -0.25) is 4.79 Å². The summed E-state index contributed by atoms with van der Waals surface area (Å²) < 4.78 is 21.4. The van der Waals surface area contributed by atoms with Crippen LogP contribution in [0.2, 0.25) is 0 Å². The second-order valence-corrected chi connectivity index (χ2v) is 6.37. The lowest BCUT2D eigenvalue weighted by molar-refractivity contribution is -0.136. The van der Waals surface area contributed by atoms with Gasteiger partial charge in [-0.05, 0) is 36.2 Å². The first kappa shape index (κ1) is 21.0. The molecular weight excluding hydrogens is 389 g/mol. The van der Waals surface area contributed by atoms with Crippen molar-refractivity contribution in [2.24, 2.45) is 5.16 Å². The van der Waals surface area contributed by atoms with Gasteiger partial charge in [-0.25, -0.2) is 9.07 Å². The number of hydrogen-bond donors (Lipinski definition) is 1. The molecule has 8 heteroatoms. The van der Waals surface area contributed by atoms with Crippen LogP contribution in [0.5, 0.6) is 5.75 Å². The van der Waals surface area contributed by atoms with Crippen LogP contribution in [0.15, 0.2) is 66.1 Å². The standard InChI is InChI=1S/C22H22FN3O4/c1-2-19(16-7-9-18(10-8-16)26-12-4-11-24-26)25-30-14-13-29-20-6-3-5-17(22(20)23)15-21(27)28/h3-12H,2,13-15H2,1H3,(H,27,28). The first-order chi connectivity index (χ1) is 14.6. The van der Waals surface area contributed by atoms with Gasteiger partial charge < -0.3 is 14.7 Å². The number of carboxylic acid groups (broad SMARTS) is 1. The van der Waals surface area contributed by atoms with Gasteiger partial charge >= 0.3 is 5.97 Å². The van der Waals surface area contributed by atoms with Crippen LogP contribution in [0.25, 0.3) is 5.69 Å². The molecule has 7 nitrogen and oxygen atoms in total. The van der Waals surface area contributed by atoms with E-state index >= 15 is 0 Å². The lowest BCUT2D eigenvalue weighted by Crippen LogP contribution is -2.09. The average molecular weight is 411 g/mol. The highest BCUT2D eigenvalue weighted by molar-refractivity contribution is 6.00. The summed E-state index contributed by atoms with van der Waals surface area (Å²) >= 11 is 0. The SMILES string of the molecule is CCC(=NOCCOc1cccc(CC(=O)O)c1F)c1ccc(-n2cccn2)cc1. The van der Waals surface area contributed by atoms with Crippen LogP contribution < -0.4 is 4.74 Å². The molecule has 0 amide bonds. The number of aliphatic carboxylic acids is 1. The molecule has 0 saturated carbocycles. The van der Waals surface area contributed by atoms with Gasteiger partial charge in [0.05, 0.1) is 17.8 Å². The summed E-state index contributed by atoms with van der Waals surface area (Å²) in [6.07, 6.45) is 3.86. The minimum atomic E-state index is -1.10. The fourth-order valence-electron chi connectivity index (χ4n) is 2.83. The van der Waals surface area contributed by atoms with Gasteiger partial charge in [-0.1, -0.05) is 36.3 Å². The zero-order chi connectivity index (χ0) is 21.3. The second-order valence-electron chi connectivity index (χ2n) is 6.37. The molecule has 3 aromatic rings. The molecule has 0 aliphatic carbocycles. The van der Waals surface area contributed by atoms with E-state index in [1.807, 2.05) is 43.5 Å². The fraction of sp³-hybridized carbons (Fsp3) is 0.227. The summed E-state index contributed by atoms with van der Waals surface area (Å²) in [5.41, 5.74) is 2.73. The highest BCUT2D eigenvalue weighted by atomic mass is 19.1. The van der Waals surface area contributed by atoms with Crippen LogP contribution >= 0.6 is 0 Å². The monoisotopic (exact) mass is 411 g/mol. The molecule has 3 rings (SSSR count). The van der Waals surface area contributed by atoms with Gasteiger partial charge in [0, 0.05) is 18.0 Å². The molecule has 1 aromatic heterocycles. The number of benzene rings is 2. The Hall–Kier alpha value is -3.68. The van der Waals surface area contributed by atoms with Crippen LogP contribution in [-0.4, -0.2) is 39.8 Å². The van der Waals surface area contributed by atoms with Gasteiger partial charge in [0.2, 0.25) is 0 Å². The molecular formula is C22H22FN3O4. The molecule has 156 valence electrons. The molecule has 0 saturated heterocycles. The zero-order valence-electron chi connectivity index (χ0n) is 16.5. The van der Waals surface area contributed by atoms with Crippen LogP contribution in [0.3, 0.4) is 0 Å². The number of carbonyl (C=O) groups is 1. The third kappa shape index (κ3) is 5.44. The van der Waals surface area contributed by atoms with E-state index in [4.69, 9.17) is 14.7 Å². The van der Waals surface area contributed by atoms with Gasteiger partial charge in [-0.2, -0.15) is 5.10 Å². The van der Waals surface area contributed by atoms with E-state index in [9.17, 15) is 9.18 Å². The Bertz CT molecular complexity index is 1000. The third-order valence-electron chi connectivity index (χ3n) is 4.30. The van der Waals surface area contributed by atoms with Crippen LogP contribution in [-0.2, 0) is 16.1 Å². The predicted molar refractivity (Wildman–Crippen MR) is 110 cm³/mol. The van der Waals surface area contributed by atoms with Crippen LogP contribution in [0.4, 0.5) is 4.39 Å². The van der Waals surface area contributed by atoms with E-state index in [2.05, 4.69) is 10.3 Å². The number of halogens is 1. The average Bonchev–Trinajstić information content (AvgIpc) is 3.28. The van der Waals surface area contributed by atoms with Crippen molar-refractivity contribution in [1.82, 2.24) is 9.78 Å². The van der Waals surface area contributed by atoms with E-state index in [0.717, 1.165) is 17.0 Å². The maximum Gasteiger partial charge on any atom is 0.307 e. The minimum absolute atomic E-state index is 0.00810. The summed E-state index contributed by atoms with van der Waals surface area (Å²) in [6.45, 7) is 2.17. The van der Waals surface area contributed by atoms with E-state index in [-0.39, 0.29) is 24.5 Å². The van der Waals surface area contributed by atoms with Crippen molar-refractivity contribution in [3.8, 4) is 11.4 Å². The molecule has 1 N–H and O–H groups in total. The third-order valence-corrected chi connectivity index (χ3v) is 4.30. The number of rotatable bonds is 10. The summed E-state index contributed by atoms with van der Waals surface area (Å²) in [6, 6.07) is 14.1. The highest BCUT2D eigenvalue weighted by Gasteiger charge is 2.12. The van der Waals surface area contributed by atoms with Gasteiger partial charge in [0.1, 0.15) is 6.61 Å². The van der Waals surface area contributed by atoms with Crippen molar-refractivity contribution >= 4 is 11.7 Å². The predicted octanol–water partition coefficient (Wildman–Crippen LogP) is 3.85. The maximum atomic E-state index is 14.2. The zero-order valence-corrected chi connectivity index (χ0v) is 16.5. The minimum Gasteiger partial charge on any atom is -0.487 e. The number of aromatic nitrogens is 2. The number of nitrogens with zero attached hydrogens (tertiary/aromatic N) is 3. The second kappa shape index (κ2) is 10.2. The Kier molecular flexibility index (Phi) is 7.15. The fourth-order valence-corrected chi connectivity index (χ4v) is 2.83. The highest BCUT2D eigenvalue weighted by Crippen LogP contribution is 2.21. The Balaban J connectivity index is 1.54. The molecule has 2 aromatic carbocycles. The van der Waals surface area contributed by atoms with E-state index in [0.29, 0.717) is 6.42 Å². The van der Waals surface area contributed by atoms with E-state index in [1.54, 1.807) is 16.9 Å². The van der Waals surface area contributed by atoms with Crippen molar-refractivity contribution in [1.29, 1.82) is 0 Å². The molecule has 0 aliphatic heterocycles. The van der Waals surface area contributed by atoms with Crippen molar-refractivity contribution in [3.63, 3.8) is 0 Å². The lowest BCUT2D eigenvalue weighted by Gasteiger charge is -2.10. The molecule has 0 atom stereocenters. The van der Waals surface area contributed by atoms with Crippen LogP contribution in [0.1, 0.15) is 24.5 Å². The number of ether oxygens (including phenoxy) is 1. The normalized spacial score (nSPS) is 11.3. The quantitative estimate of drug-likeness (QED) is 0.311. The molecule has 0 unspecified atom stereocenters. The maximum absolute atomic E-state index is 14.2. The van der Waals surface area contributed by atoms with E-state index in [1.165, 1.54) is 12.1 Å².